The Bertz CT molecular complexity index is 3390. The number of aliphatic carboxylic acids is 1. The minimum absolute atomic E-state index is 0. The summed E-state index contributed by atoms with van der Waals surface area (Å²) in [5, 5.41) is 13.1. The van der Waals surface area contributed by atoms with E-state index in [0.29, 0.717) is 6.42 Å². The first kappa shape index (κ1) is 48.4. The average molecular weight is 1020 g/mol. The number of carboxylic acids is 1. The second-order valence-electron chi connectivity index (χ2n) is 17.1. The SMILES string of the molecule is Cc1ccnc(-c2cc(CCCC(=O)O)ccn2)c1.[Ru].c1ccc(-c2ccnc3c2ccc2c(-c4ccccc4)ccnc23)cc1.c1ccc(-c2ccnc3c2ccc2c(-c4ccccc4)ccnc23)cc1. The van der Waals surface area contributed by atoms with Crippen LogP contribution >= 0.6 is 0 Å². The molecule has 0 fully saturated rings. The second kappa shape index (κ2) is 22.8. The van der Waals surface area contributed by atoms with Crippen molar-refractivity contribution in [1.29, 1.82) is 0 Å². The molecular weight excluding hydrogens is 974 g/mol. The molecule has 0 saturated heterocycles. The van der Waals surface area contributed by atoms with Gasteiger partial charge in [-0.25, -0.2) is 0 Å². The van der Waals surface area contributed by atoms with Crippen molar-refractivity contribution in [2.75, 3.05) is 0 Å². The Balaban J connectivity index is 0.000000135. The number of rotatable bonds is 9. The average Bonchev–Trinajstić information content (AvgIpc) is 3.43. The third-order valence-electron chi connectivity index (χ3n) is 12.4. The van der Waals surface area contributed by atoms with Gasteiger partial charge in [0, 0.05) is 84.6 Å². The first-order chi connectivity index (χ1) is 35.0. The molecular formula is C63H48N6O2Ru. The van der Waals surface area contributed by atoms with Gasteiger partial charge in [-0.3, -0.25) is 34.7 Å². The molecule has 72 heavy (non-hydrogen) atoms. The molecule has 8 nitrogen and oxygen atoms in total. The fourth-order valence-electron chi connectivity index (χ4n) is 9.02. The van der Waals surface area contributed by atoms with E-state index in [1.165, 1.54) is 44.5 Å². The molecule has 0 bridgehead atoms. The van der Waals surface area contributed by atoms with E-state index in [2.05, 4.69) is 175 Å². The summed E-state index contributed by atoms with van der Waals surface area (Å²) >= 11 is 0. The Morgan fingerprint density at radius 1 is 0.389 bits per heavy atom. The van der Waals surface area contributed by atoms with Gasteiger partial charge in [0.2, 0.25) is 0 Å². The summed E-state index contributed by atoms with van der Waals surface area (Å²) in [6.07, 6.45) is 12.6. The molecule has 6 aromatic carbocycles. The summed E-state index contributed by atoms with van der Waals surface area (Å²) in [4.78, 5) is 37.8. The maximum Gasteiger partial charge on any atom is 0.303 e. The third kappa shape index (κ3) is 10.9. The minimum atomic E-state index is -0.755. The van der Waals surface area contributed by atoms with Gasteiger partial charge in [0.15, 0.2) is 0 Å². The Morgan fingerprint density at radius 3 is 1.04 bits per heavy atom. The minimum Gasteiger partial charge on any atom is -0.481 e. The Kier molecular flexibility index (Phi) is 15.4. The number of aromatic nitrogens is 6. The molecule has 0 atom stereocenters. The monoisotopic (exact) mass is 1020 g/mol. The van der Waals surface area contributed by atoms with Gasteiger partial charge in [-0.15, -0.1) is 0 Å². The van der Waals surface area contributed by atoms with Gasteiger partial charge in [-0.2, -0.15) is 0 Å². The van der Waals surface area contributed by atoms with Crippen LogP contribution in [-0.4, -0.2) is 41.0 Å². The Labute approximate surface area is 431 Å². The number of pyridine rings is 6. The zero-order valence-corrected chi connectivity index (χ0v) is 41.2. The molecule has 0 aliphatic heterocycles. The number of benzene rings is 6. The maximum atomic E-state index is 10.5. The van der Waals surface area contributed by atoms with Gasteiger partial charge >= 0.3 is 5.97 Å². The molecule has 0 aliphatic carbocycles. The quantitative estimate of drug-likeness (QED) is 0.112. The van der Waals surface area contributed by atoms with E-state index in [1.807, 2.05) is 80.2 Å². The van der Waals surface area contributed by atoms with Crippen LogP contribution in [0.25, 0.3) is 99.5 Å². The maximum absolute atomic E-state index is 10.5. The van der Waals surface area contributed by atoms with E-state index in [9.17, 15) is 4.79 Å². The van der Waals surface area contributed by atoms with Gasteiger partial charge in [0.25, 0.3) is 0 Å². The number of hydrogen-bond donors (Lipinski definition) is 1. The number of carbonyl (C=O) groups is 1. The molecule has 9 heteroatoms. The van der Waals surface area contributed by atoms with Crippen LogP contribution in [-0.2, 0) is 30.7 Å². The molecule has 0 radical (unpaired) electrons. The molecule has 0 spiro atoms. The normalized spacial score (nSPS) is 10.7. The molecule has 1 N–H and O–H groups in total. The van der Waals surface area contributed by atoms with E-state index in [1.54, 1.807) is 12.4 Å². The fourth-order valence-corrected chi connectivity index (χ4v) is 9.02. The van der Waals surface area contributed by atoms with Crippen LogP contribution in [0.1, 0.15) is 24.0 Å². The standard InChI is InChI=1S/2C24H16N2.C15H16N2O2.Ru/c2*1-3-7-17(8-4-1)19-13-15-25-23-21(19)11-12-22-20(14-16-26-24(22)23)18-9-5-2-6-10-18;1-11-5-7-16-13(9-11)14-10-12(6-8-17-14)3-2-4-15(18)19;/h2*1-16H;5-10H,2-4H2,1H3,(H,18,19);. The molecule has 0 unspecified atom stereocenters. The molecule has 0 aliphatic rings. The van der Waals surface area contributed by atoms with Gasteiger partial charge in [-0.05, 0) is 124 Å². The molecule has 12 aromatic rings. The van der Waals surface area contributed by atoms with Crippen molar-refractivity contribution in [3.05, 3.63) is 242 Å². The second-order valence-corrected chi connectivity index (χ2v) is 17.1. The van der Waals surface area contributed by atoms with Crippen molar-refractivity contribution in [3.8, 4) is 55.9 Å². The summed E-state index contributed by atoms with van der Waals surface area (Å²) in [7, 11) is 0. The van der Waals surface area contributed by atoms with Crippen molar-refractivity contribution < 1.29 is 29.4 Å². The Hall–Kier alpha value is -8.65. The van der Waals surface area contributed by atoms with Crippen molar-refractivity contribution in [3.63, 3.8) is 0 Å². The number of hydrogen-bond acceptors (Lipinski definition) is 7. The summed E-state index contributed by atoms with van der Waals surface area (Å²) in [6, 6.07) is 66.5. The van der Waals surface area contributed by atoms with Gasteiger partial charge in [0.1, 0.15) is 0 Å². The van der Waals surface area contributed by atoms with Gasteiger partial charge in [-0.1, -0.05) is 146 Å². The van der Waals surface area contributed by atoms with Gasteiger partial charge < -0.3 is 5.11 Å². The van der Waals surface area contributed by atoms with Crippen molar-refractivity contribution in [2.24, 2.45) is 0 Å². The summed E-state index contributed by atoms with van der Waals surface area (Å²) in [5.41, 5.74) is 17.2. The number of nitrogens with zero attached hydrogens (tertiary/aromatic N) is 6. The summed E-state index contributed by atoms with van der Waals surface area (Å²) in [6.45, 7) is 2.02. The molecule has 0 saturated carbocycles. The van der Waals surface area contributed by atoms with Crippen LogP contribution in [0.3, 0.4) is 0 Å². The van der Waals surface area contributed by atoms with Crippen molar-refractivity contribution >= 4 is 49.6 Å². The van der Waals surface area contributed by atoms with Crippen LogP contribution < -0.4 is 0 Å². The van der Waals surface area contributed by atoms with Crippen molar-refractivity contribution in [2.45, 2.75) is 26.2 Å². The molecule has 0 amide bonds. The van der Waals surface area contributed by atoms with Crippen LogP contribution in [0.4, 0.5) is 0 Å². The third-order valence-corrected chi connectivity index (χ3v) is 12.4. The molecule has 6 heterocycles. The van der Waals surface area contributed by atoms with Crippen LogP contribution in [0.2, 0.25) is 0 Å². The number of aryl methyl sites for hydroxylation is 2. The first-order valence-electron chi connectivity index (χ1n) is 23.6. The van der Waals surface area contributed by atoms with Gasteiger partial charge in [0.05, 0.1) is 33.5 Å². The van der Waals surface area contributed by atoms with Crippen LogP contribution in [0.15, 0.2) is 231 Å². The van der Waals surface area contributed by atoms with E-state index in [4.69, 9.17) is 5.11 Å². The number of carboxylic acid groups (broad SMARTS) is 1. The first-order valence-corrected chi connectivity index (χ1v) is 23.6. The van der Waals surface area contributed by atoms with Crippen LogP contribution in [0, 0.1) is 6.92 Å². The van der Waals surface area contributed by atoms with Crippen molar-refractivity contribution in [1.82, 2.24) is 29.9 Å². The zero-order valence-electron chi connectivity index (χ0n) is 39.5. The molecule has 350 valence electrons. The summed E-state index contributed by atoms with van der Waals surface area (Å²) in [5.74, 6) is -0.755. The Morgan fingerprint density at radius 2 is 0.708 bits per heavy atom. The fraction of sp³-hybridized carbons (Fsp3) is 0.0635. The van der Waals surface area contributed by atoms with E-state index in [0.717, 1.165) is 72.5 Å². The van der Waals surface area contributed by atoms with E-state index in [-0.39, 0.29) is 25.9 Å². The number of fused-ring (bicyclic) bond motifs is 6. The molecule has 12 rings (SSSR count). The van der Waals surface area contributed by atoms with Crippen LogP contribution in [0.5, 0.6) is 0 Å². The zero-order chi connectivity index (χ0) is 48.4. The molecule has 6 aromatic heterocycles. The van der Waals surface area contributed by atoms with E-state index < -0.39 is 5.97 Å². The topological polar surface area (TPSA) is 115 Å². The van der Waals surface area contributed by atoms with E-state index >= 15 is 0 Å². The predicted octanol–water partition coefficient (Wildman–Crippen LogP) is 15.1. The predicted molar refractivity (Wildman–Crippen MR) is 289 cm³/mol. The smallest absolute Gasteiger partial charge is 0.303 e. The summed E-state index contributed by atoms with van der Waals surface area (Å²) < 4.78 is 0. The largest absolute Gasteiger partial charge is 0.481 e.